The zero-order valence-electron chi connectivity index (χ0n) is 10.5. The maximum atomic E-state index is 9.91. The molecule has 0 unspecified atom stereocenters. The number of nitrogens with zero attached hydrogens (tertiary/aromatic N) is 2. The van der Waals surface area contributed by atoms with E-state index in [4.69, 9.17) is 0 Å². The highest BCUT2D eigenvalue weighted by atomic mass is 16.3. The molecule has 0 fully saturated rings. The van der Waals surface area contributed by atoms with E-state index in [1.165, 1.54) is 12.4 Å². The van der Waals surface area contributed by atoms with Gasteiger partial charge in [-0.2, -0.15) is 5.10 Å². The van der Waals surface area contributed by atoms with E-state index in [2.05, 4.69) is 15.5 Å². The fourth-order valence-electron chi connectivity index (χ4n) is 1.61. The van der Waals surface area contributed by atoms with Crippen molar-refractivity contribution in [3.63, 3.8) is 0 Å². The first-order chi connectivity index (χ1) is 9.22. The van der Waals surface area contributed by atoms with Crippen LogP contribution in [-0.2, 0) is 6.61 Å². The fraction of sp³-hybridized carbons (Fsp3) is 0.143. The van der Waals surface area contributed by atoms with Crippen LogP contribution in [0.1, 0.15) is 16.8 Å². The predicted octanol–water partition coefficient (Wildman–Crippen LogP) is 2.03. The first-order valence-electron chi connectivity index (χ1n) is 5.85. The van der Waals surface area contributed by atoms with Gasteiger partial charge in [-0.05, 0) is 19.1 Å². The molecular formula is C14H15N3O2. The molecule has 5 heteroatoms. The van der Waals surface area contributed by atoms with Gasteiger partial charge in [0.2, 0.25) is 0 Å². The molecule has 19 heavy (non-hydrogen) atoms. The van der Waals surface area contributed by atoms with Gasteiger partial charge in [0.15, 0.2) is 0 Å². The lowest BCUT2D eigenvalue weighted by Crippen LogP contribution is -1.99. The van der Waals surface area contributed by atoms with E-state index in [9.17, 15) is 10.2 Å². The van der Waals surface area contributed by atoms with Crippen molar-refractivity contribution in [1.82, 2.24) is 4.98 Å². The SMILES string of the molecule is Cc1ncc(CO)c(C=NNc2ccccc2)c1O. The topological polar surface area (TPSA) is 77.7 Å². The Morgan fingerprint density at radius 3 is 2.74 bits per heavy atom. The monoisotopic (exact) mass is 257 g/mol. The van der Waals surface area contributed by atoms with Gasteiger partial charge in [0.05, 0.1) is 24.2 Å². The summed E-state index contributed by atoms with van der Waals surface area (Å²) in [5.41, 5.74) is 5.19. The summed E-state index contributed by atoms with van der Waals surface area (Å²) >= 11 is 0. The number of aromatic hydroxyl groups is 1. The van der Waals surface area contributed by atoms with E-state index in [-0.39, 0.29) is 12.4 Å². The van der Waals surface area contributed by atoms with Crippen molar-refractivity contribution in [2.45, 2.75) is 13.5 Å². The quantitative estimate of drug-likeness (QED) is 0.578. The van der Waals surface area contributed by atoms with Gasteiger partial charge in [-0.3, -0.25) is 10.4 Å². The second-order valence-corrected chi connectivity index (χ2v) is 4.03. The van der Waals surface area contributed by atoms with Crippen molar-refractivity contribution >= 4 is 11.9 Å². The summed E-state index contributed by atoms with van der Waals surface area (Å²) in [4.78, 5) is 3.98. The van der Waals surface area contributed by atoms with Crippen molar-refractivity contribution < 1.29 is 10.2 Å². The van der Waals surface area contributed by atoms with Gasteiger partial charge in [0.1, 0.15) is 5.75 Å². The number of aromatic nitrogens is 1. The third kappa shape index (κ3) is 3.08. The molecule has 2 rings (SSSR count). The number of rotatable bonds is 4. The molecule has 0 radical (unpaired) electrons. The Morgan fingerprint density at radius 1 is 1.32 bits per heavy atom. The third-order valence-electron chi connectivity index (χ3n) is 2.69. The zero-order valence-corrected chi connectivity index (χ0v) is 10.5. The second kappa shape index (κ2) is 5.97. The third-order valence-corrected chi connectivity index (χ3v) is 2.69. The van der Waals surface area contributed by atoms with Crippen LogP contribution in [0.2, 0.25) is 0 Å². The zero-order chi connectivity index (χ0) is 13.7. The van der Waals surface area contributed by atoms with Crippen LogP contribution in [0.15, 0.2) is 41.6 Å². The van der Waals surface area contributed by atoms with E-state index >= 15 is 0 Å². The molecule has 1 heterocycles. The predicted molar refractivity (Wildman–Crippen MR) is 74.2 cm³/mol. The first kappa shape index (κ1) is 13.0. The Labute approximate surface area is 111 Å². The molecule has 98 valence electrons. The van der Waals surface area contributed by atoms with Gasteiger partial charge in [-0.1, -0.05) is 18.2 Å². The van der Waals surface area contributed by atoms with Crippen molar-refractivity contribution in [2.75, 3.05) is 5.43 Å². The van der Waals surface area contributed by atoms with Crippen LogP contribution in [0.4, 0.5) is 5.69 Å². The number of pyridine rings is 1. The normalized spacial score (nSPS) is 10.8. The first-order valence-corrected chi connectivity index (χ1v) is 5.85. The smallest absolute Gasteiger partial charge is 0.145 e. The summed E-state index contributed by atoms with van der Waals surface area (Å²) in [5.74, 6) is 0.0326. The van der Waals surface area contributed by atoms with Gasteiger partial charge >= 0.3 is 0 Å². The molecule has 5 nitrogen and oxygen atoms in total. The summed E-state index contributed by atoms with van der Waals surface area (Å²) in [6.45, 7) is 1.49. The van der Waals surface area contributed by atoms with Gasteiger partial charge < -0.3 is 10.2 Å². The number of hydrogen-bond acceptors (Lipinski definition) is 5. The Hall–Kier alpha value is -2.40. The number of aliphatic hydroxyl groups excluding tert-OH is 1. The van der Waals surface area contributed by atoms with E-state index in [1.54, 1.807) is 6.92 Å². The average Bonchev–Trinajstić information content (AvgIpc) is 2.45. The van der Waals surface area contributed by atoms with Crippen molar-refractivity contribution in [3.05, 3.63) is 53.3 Å². The van der Waals surface area contributed by atoms with E-state index in [0.29, 0.717) is 16.8 Å². The van der Waals surface area contributed by atoms with E-state index in [0.717, 1.165) is 5.69 Å². The lowest BCUT2D eigenvalue weighted by molar-refractivity contribution is 0.280. The molecular weight excluding hydrogens is 242 g/mol. The number of para-hydroxylation sites is 1. The van der Waals surface area contributed by atoms with Gasteiger partial charge in [-0.25, -0.2) is 0 Å². The summed E-state index contributed by atoms with van der Waals surface area (Å²) in [6, 6.07) is 9.46. The molecule has 0 saturated heterocycles. The van der Waals surface area contributed by atoms with Crippen LogP contribution < -0.4 is 5.43 Å². The van der Waals surface area contributed by atoms with Gasteiger partial charge in [-0.15, -0.1) is 0 Å². The number of anilines is 1. The van der Waals surface area contributed by atoms with Crippen LogP contribution in [0.25, 0.3) is 0 Å². The fourth-order valence-corrected chi connectivity index (χ4v) is 1.61. The van der Waals surface area contributed by atoms with Crippen molar-refractivity contribution in [1.29, 1.82) is 0 Å². The van der Waals surface area contributed by atoms with Crippen LogP contribution in [0, 0.1) is 6.92 Å². The van der Waals surface area contributed by atoms with E-state index < -0.39 is 0 Å². The van der Waals surface area contributed by atoms with Crippen LogP contribution in [-0.4, -0.2) is 21.4 Å². The van der Waals surface area contributed by atoms with Gasteiger partial charge in [0, 0.05) is 17.3 Å². The molecule has 0 atom stereocenters. The summed E-state index contributed by atoms with van der Waals surface area (Å²) in [6.07, 6.45) is 3.00. The maximum Gasteiger partial charge on any atom is 0.145 e. The highest BCUT2D eigenvalue weighted by Crippen LogP contribution is 2.21. The molecule has 0 bridgehead atoms. The van der Waals surface area contributed by atoms with Gasteiger partial charge in [0.25, 0.3) is 0 Å². The van der Waals surface area contributed by atoms with Crippen LogP contribution in [0.5, 0.6) is 5.75 Å². The molecule has 0 amide bonds. The lowest BCUT2D eigenvalue weighted by atomic mass is 10.1. The molecule has 0 aliphatic carbocycles. The molecule has 0 spiro atoms. The second-order valence-electron chi connectivity index (χ2n) is 4.03. The molecule has 3 N–H and O–H groups in total. The van der Waals surface area contributed by atoms with Crippen molar-refractivity contribution in [2.24, 2.45) is 5.10 Å². The number of nitrogens with one attached hydrogen (secondary N) is 1. The molecule has 1 aromatic carbocycles. The average molecular weight is 257 g/mol. The molecule has 0 aliphatic heterocycles. The summed E-state index contributed by atoms with van der Waals surface area (Å²) in [7, 11) is 0. The Balaban J connectivity index is 2.21. The molecule has 0 aliphatic rings. The number of hydrogen-bond donors (Lipinski definition) is 3. The molecule has 2 aromatic rings. The minimum Gasteiger partial charge on any atom is -0.505 e. The number of benzene rings is 1. The summed E-state index contributed by atoms with van der Waals surface area (Å²) in [5, 5.41) is 23.2. The highest BCUT2D eigenvalue weighted by Gasteiger charge is 2.08. The largest absolute Gasteiger partial charge is 0.505 e. The number of aliphatic hydroxyl groups is 1. The van der Waals surface area contributed by atoms with Crippen molar-refractivity contribution in [3.8, 4) is 5.75 Å². The lowest BCUT2D eigenvalue weighted by Gasteiger charge is -2.07. The summed E-state index contributed by atoms with van der Waals surface area (Å²) < 4.78 is 0. The van der Waals surface area contributed by atoms with Crippen LogP contribution in [0.3, 0.4) is 0 Å². The van der Waals surface area contributed by atoms with Crippen LogP contribution >= 0.6 is 0 Å². The minimum absolute atomic E-state index is 0.0326. The minimum atomic E-state index is -0.201. The Bertz CT molecular complexity index is 583. The standard InChI is InChI=1S/C14H15N3O2/c1-10-14(19)13(11(9-18)7-15-10)8-16-17-12-5-3-2-4-6-12/h2-8,17-19H,9H2,1H3. The maximum absolute atomic E-state index is 9.91. The molecule has 1 aromatic heterocycles. The highest BCUT2D eigenvalue weighted by molar-refractivity contribution is 5.86. The Kier molecular flexibility index (Phi) is 4.10. The Morgan fingerprint density at radius 2 is 2.05 bits per heavy atom. The van der Waals surface area contributed by atoms with E-state index in [1.807, 2.05) is 30.3 Å². The number of hydrazone groups is 1. The number of aryl methyl sites for hydroxylation is 1. The molecule has 0 saturated carbocycles.